The predicted octanol–water partition coefficient (Wildman–Crippen LogP) is 3.18. The third kappa shape index (κ3) is 1.79. The lowest BCUT2D eigenvalue weighted by molar-refractivity contribution is -0.174. The molecular weight excluding hydrogens is 376 g/mol. The summed E-state index contributed by atoms with van der Waals surface area (Å²) in [6.45, 7) is 16.6. The van der Waals surface area contributed by atoms with Gasteiger partial charge in [0, 0.05) is 0 Å². The molecule has 2 saturated heterocycles. The topological polar surface area (TPSA) is 82.1 Å². The lowest BCUT2D eigenvalue weighted by Gasteiger charge is -2.49. The third-order valence-electron chi connectivity index (χ3n) is 9.50. The van der Waals surface area contributed by atoms with Crippen LogP contribution in [0.3, 0.4) is 0 Å². The molecule has 0 aromatic carbocycles. The number of hydrogen-bond acceptors (Lipinski definition) is 6. The van der Waals surface area contributed by atoms with Gasteiger partial charge in [-0.25, -0.2) is 0 Å². The van der Waals surface area contributed by atoms with Gasteiger partial charge in [-0.05, 0) is 44.8 Å². The van der Waals surface area contributed by atoms with E-state index in [1.807, 2.05) is 13.8 Å². The van der Waals surface area contributed by atoms with Gasteiger partial charge in [-0.3, -0.25) is 9.59 Å². The Balaban J connectivity index is 1.99. The highest BCUT2D eigenvalue weighted by Gasteiger charge is 2.93. The van der Waals surface area contributed by atoms with Gasteiger partial charge in [0.15, 0.2) is 8.32 Å². The number of cyclic esters (lactones) is 1. The molecule has 2 heterocycles. The van der Waals surface area contributed by atoms with E-state index < -0.39 is 41.9 Å². The number of carbonyl (C=O) groups is 2. The van der Waals surface area contributed by atoms with Crippen LogP contribution in [0.2, 0.25) is 18.1 Å². The normalized spacial score (nSPS) is 50.2. The standard InChI is InChI=1S/C21H34O6Si/c1-16(2,3)28(7,8)27-14-19(6)15(23)25-12-17(19,4)21-10-9-18(5,24)20(14,21)11-13(22)26-21/h14,24H,9-12H2,1-8H3/t14-,17-,18-,19+,20-,21+/m1/s1. The molecule has 0 unspecified atom stereocenters. The zero-order valence-electron chi connectivity index (χ0n) is 18.4. The summed E-state index contributed by atoms with van der Waals surface area (Å²) < 4.78 is 18.6. The maximum absolute atomic E-state index is 13.2. The summed E-state index contributed by atoms with van der Waals surface area (Å²) in [5.41, 5.74) is -4.78. The highest BCUT2D eigenvalue weighted by atomic mass is 28.4. The Kier molecular flexibility index (Phi) is 3.66. The van der Waals surface area contributed by atoms with Gasteiger partial charge in [0.1, 0.15) is 17.6 Å². The molecule has 1 N–H and O–H groups in total. The first-order valence-corrected chi connectivity index (χ1v) is 13.2. The van der Waals surface area contributed by atoms with Gasteiger partial charge in [0.05, 0.1) is 29.0 Å². The van der Waals surface area contributed by atoms with Gasteiger partial charge in [-0.1, -0.05) is 27.7 Å². The van der Waals surface area contributed by atoms with Crippen LogP contribution in [0.4, 0.5) is 0 Å². The summed E-state index contributed by atoms with van der Waals surface area (Å²) >= 11 is 0. The SMILES string of the molecule is CC(C)(C)[Si](C)(C)O[C@H]1[C@@]23CC(=O)O[C@@]2(CC[C@@]3(C)O)[C@]2(C)COC(=O)[C@]12C. The highest BCUT2D eigenvalue weighted by molar-refractivity contribution is 6.74. The van der Waals surface area contributed by atoms with Crippen molar-refractivity contribution in [2.75, 3.05) is 6.61 Å². The Morgan fingerprint density at radius 3 is 2.32 bits per heavy atom. The molecule has 28 heavy (non-hydrogen) atoms. The molecule has 0 amide bonds. The van der Waals surface area contributed by atoms with Crippen LogP contribution in [0.5, 0.6) is 0 Å². The molecule has 6 nitrogen and oxygen atoms in total. The van der Waals surface area contributed by atoms with Crippen LogP contribution < -0.4 is 0 Å². The number of carbonyl (C=O) groups excluding carboxylic acids is 2. The van der Waals surface area contributed by atoms with Crippen molar-refractivity contribution in [3.8, 4) is 0 Å². The van der Waals surface area contributed by atoms with E-state index in [0.717, 1.165) is 0 Å². The van der Waals surface area contributed by atoms with Crippen molar-refractivity contribution in [1.82, 2.24) is 0 Å². The maximum atomic E-state index is 13.2. The monoisotopic (exact) mass is 410 g/mol. The summed E-state index contributed by atoms with van der Waals surface area (Å²) in [5.74, 6) is -0.618. The Labute approximate surface area is 168 Å². The van der Waals surface area contributed by atoms with Gasteiger partial charge >= 0.3 is 11.9 Å². The fourth-order valence-corrected chi connectivity index (χ4v) is 7.93. The van der Waals surface area contributed by atoms with Gasteiger partial charge in [0.25, 0.3) is 0 Å². The molecule has 0 bridgehead atoms. The molecule has 0 aromatic heterocycles. The minimum atomic E-state index is -2.34. The van der Waals surface area contributed by atoms with E-state index in [9.17, 15) is 14.7 Å². The van der Waals surface area contributed by atoms with Crippen LogP contribution in [0.1, 0.15) is 60.8 Å². The fourth-order valence-electron chi connectivity index (χ4n) is 6.55. The zero-order chi connectivity index (χ0) is 21.2. The molecule has 6 atom stereocenters. The average Bonchev–Trinajstić information content (AvgIpc) is 3.10. The molecule has 4 rings (SSSR count). The van der Waals surface area contributed by atoms with E-state index in [0.29, 0.717) is 12.8 Å². The molecule has 2 aliphatic carbocycles. The minimum absolute atomic E-state index is 0.0811. The molecule has 0 radical (unpaired) electrons. The Bertz CT molecular complexity index is 769. The summed E-state index contributed by atoms with van der Waals surface area (Å²) in [7, 11) is -2.34. The van der Waals surface area contributed by atoms with E-state index in [2.05, 4.69) is 33.9 Å². The molecule has 4 fully saturated rings. The Morgan fingerprint density at radius 1 is 1.14 bits per heavy atom. The molecular formula is C21H34O6Si. The van der Waals surface area contributed by atoms with E-state index in [-0.39, 0.29) is 30.0 Å². The first kappa shape index (κ1) is 20.4. The fraction of sp³-hybridized carbons (Fsp3) is 0.905. The lowest BCUT2D eigenvalue weighted by atomic mass is 9.62. The van der Waals surface area contributed by atoms with Crippen LogP contribution in [0.15, 0.2) is 0 Å². The second-order valence-electron chi connectivity index (χ2n) is 11.6. The van der Waals surface area contributed by atoms with Crippen molar-refractivity contribution in [1.29, 1.82) is 0 Å². The average molecular weight is 411 g/mol. The minimum Gasteiger partial charge on any atom is -0.464 e. The van der Waals surface area contributed by atoms with Gasteiger partial charge in [0.2, 0.25) is 0 Å². The smallest absolute Gasteiger partial charge is 0.315 e. The second-order valence-corrected chi connectivity index (χ2v) is 16.3. The molecule has 7 heteroatoms. The largest absolute Gasteiger partial charge is 0.464 e. The van der Waals surface area contributed by atoms with Gasteiger partial charge in [-0.15, -0.1) is 0 Å². The maximum Gasteiger partial charge on any atom is 0.315 e. The zero-order valence-corrected chi connectivity index (χ0v) is 19.4. The third-order valence-corrected chi connectivity index (χ3v) is 13.9. The number of fused-ring (bicyclic) bond motifs is 1. The first-order chi connectivity index (χ1) is 12.5. The Hall–Kier alpha value is -0.923. The lowest BCUT2D eigenvalue weighted by Crippen LogP contribution is -2.61. The molecule has 4 aliphatic rings. The highest BCUT2D eigenvalue weighted by Crippen LogP contribution is 2.81. The van der Waals surface area contributed by atoms with Crippen molar-refractivity contribution < 1.29 is 28.6 Å². The van der Waals surface area contributed by atoms with E-state index >= 15 is 0 Å². The van der Waals surface area contributed by atoms with E-state index in [1.54, 1.807) is 6.92 Å². The Morgan fingerprint density at radius 2 is 1.75 bits per heavy atom. The summed E-state index contributed by atoms with van der Waals surface area (Å²) in [4.78, 5) is 25.8. The second kappa shape index (κ2) is 5.03. The predicted molar refractivity (Wildman–Crippen MR) is 105 cm³/mol. The van der Waals surface area contributed by atoms with Crippen molar-refractivity contribution in [2.24, 2.45) is 16.2 Å². The van der Waals surface area contributed by atoms with Crippen molar-refractivity contribution in [3.05, 3.63) is 0 Å². The van der Waals surface area contributed by atoms with Crippen LogP contribution >= 0.6 is 0 Å². The van der Waals surface area contributed by atoms with Crippen molar-refractivity contribution in [3.63, 3.8) is 0 Å². The molecule has 0 aromatic rings. The van der Waals surface area contributed by atoms with E-state index in [1.165, 1.54) is 0 Å². The molecule has 2 saturated carbocycles. The van der Waals surface area contributed by atoms with Crippen LogP contribution in [-0.2, 0) is 23.5 Å². The molecule has 0 spiro atoms. The quantitative estimate of drug-likeness (QED) is 0.556. The summed E-state index contributed by atoms with van der Waals surface area (Å²) in [6, 6.07) is 0. The number of ether oxygens (including phenoxy) is 2. The number of aliphatic hydroxyl groups is 1. The van der Waals surface area contributed by atoms with Crippen molar-refractivity contribution >= 4 is 20.3 Å². The van der Waals surface area contributed by atoms with Crippen molar-refractivity contribution in [2.45, 2.75) is 96.2 Å². The molecule has 2 aliphatic heterocycles. The number of hydrogen-bond donors (Lipinski definition) is 1. The summed E-state index contributed by atoms with van der Waals surface area (Å²) in [6.07, 6.45) is 0.478. The first-order valence-electron chi connectivity index (χ1n) is 10.3. The van der Waals surface area contributed by atoms with E-state index in [4.69, 9.17) is 13.9 Å². The number of rotatable bonds is 2. The number of esters is 2. The van der Waals surface area contributed by atoms with Gasteiger partial charge < -0.3 is 19.0 Å². The molecule has 158 valence electrons. The van der Waals surface area contributed by atoms with Gasteiger partial charge in [-0.2, -0.15) is 0 Å². The van der Waals surface area contributed by atoms with Crippen LogP contribution in [0.25, 0.3) is 0 Å². The van der Waals surface area contributed by atoms with Crippen LogP contribution in [-0.4, -0.2) is 49.3 Å². The summed E-state index contributed by atoms with van der Waals surface area (Å²) in [5, 5.41) is 11.5. The van der Waals surface area contributed by atoms with Crippen LogP contribution in [0, 0.1) is 16.2 Å².